The van der Waals surface area contributed by atoms with Crippen LogP contribution in [0.2, 0.25) is 0 Å². The Morgan fingerprint density at radius 1 is 1.03 bits per heavy atom. The van der Waals surface area contributed by atoms with E-state index in [0.29, 0.717) is 17.2 Å². The van der Waals surface area contributed by atoms with E-state index in [1.807, 2.05) is 12.1 Å². The zero-order valence-corrected chi connectivity index (χ0v) is 19.3. The third-order valence-electron chi connectivity index (χ3n) is 4.88. The number of thiophene rings is 1. The predicted octanol–water partition coefficient (Wildman–Crippen LogP) is 5.24. The van der Waals surface area contributed by atoms with Crippen molar-refractivity contribution >= 4 is 48.0 Å². The van der Waals surface area contributed by atoms with Crippen LogP contribution < -0.4 is 10.1 Å². The van der Waals surface area contributed by atoms with Crippen LogP contribution in [0, 0.1) is 0 Å². The molecule has 0 saturated carbocycles. The molecule has 8 heteroatoms. The molecule has 0 aliphatic heterocycles. The van der Waals surface area contributed by atoms with Crippen molar-refractivity contribution in [3.63, 3.8) is 0 Å². The lowest BCUT2D eigenvalue weighted by Crippen LogP contribution is -2.21. The molecule has 1 amide bonds. The normalized spacial score (nSPS) is 13.5. The van der Waals surface area contributed by atoms with Crippen LogP contribution in [-0.4, -0.2) is 20.9 Å². The quantitative estimate of drug-likeness (QED) is 0.497. The molecular formula is C22H20BrNO4S2. The lowest BCUT2D eigenvalue weighted by molar-refractivity contribution is -0.118. The Balaban J connectivity index is 1.61. The number of amides is 1. The van der Waals surface area contributed by atoms with Gasteiger partial charge in [-0.1, -0.05) is 34.1 Å². The fourth-order valence-corrected chi connectivity index (χ4v) is 7.04. The maximum atomic E-state index is 13.4. The summed E-state index contributed by atoms with van der Waals surface area (Å²) in [7, 11) is -3.74. The minimum absolute atomic E-state index is 0.199. The Bertz CT molecular complexity index is 1160. The van der Waals surface area contributed by atoms with Crippen molar-refractivity contribution in [3.05, 3.63) is 69.5 Å². The van der Waals surface area contributed by atoms with E-state index >= 15 is 0 Å². The Hall–Kier alpha value is -2.16. The summed E-state index contributed by atoms with van der Waals surface area (Å²) in [5.41, 5.74) is 0.847. The van der Waals surface area contributed by atoms with Crippen LogP contribution in [0.15, 0.2) is 68.9 Å². The van der Waals surface area contributed by atoms with Gasteiger partial charge in [-0.15, -0.1) is 11.3 Å². The van der Waals surface area contributed by atoms with Crippen LogP contribution in [0.4, 0.5) is 5.00 Å². The van der Waals surface area contributed by atoms with Crippen molar-refractivity contribution in [3.8, 4) is 5.75 Å². The molecule has 1 N–H and O–H groups in total. The molecule has 1 heterocycles. The molecular weight excluding hydrogens is 486 g/mol. The molecule has 0 radical (unpaired) electrons. The van der Waals surface area contributed by atoms with Gasteiger partial charge in [-0.2, -0.15) is 0 Å². The van der Waals surface area contributed by atoms with Crippen LogP contribution in [0.25, 0.3) is 0 Å². The molecule has 0 bridgehead atoms. The van der Waals surface area contributed by atoms with Gasteiger partial charge in [0.15, 0.2) is 6.61 Å². The summed E-state index contributed by atoms with van der Waals surface area (Å²) >= 11 is 4.72. The first kappa shape index (κ1) is 21.1. The van der Waals surface area contributed by atoms with Crippen LogP contribution in [-0.2, 0) is 27.5 Å². The number of hydrogen-bond donors (Lipinski definition) is 1. The van der Waals surface area contributed by atoms with E-state index in [1.54, 1.807) is 42.5 Å². The molecule has 30 heavy (non-hydrogen) atoms. The topological polar surface area (TPSA) is 72.5 Å². The smallest absolute Gasteiger partial charge is 0.262 e. The second-order valence-electron chi connectivity index (χ2n) is 6.98. The number of ether oxygens (including phenoxy) is 1. The van der Waals surface area contributed by atoms with E-state index in [0.717, 1.165) is 34.2 Å². The second kappa shape index (κ2) is 8.91. The summed E-state index contributed by atoms with van der Waals surface area (Å²) in [5, 5.41) is 3.18. The SMILES string of the molecule is O=C(COc1ccc(Br)cc1)Nc1sc2c(c1S(=O)(=O)c1ccccc1)CCCC2. The highest BCUT2D eigenvalue weighted by molar-refractivity contribution is 9.10. The second-order valence-corrected chi connectivity index (χ2v) is 10.9. The fraction of sp³-hybridized carbons (Fsp3) is 0.227. The zero-order chi connectivity index (χ0) is 21.1. The number of halogens is 1. The lowest BCUT2D eigenvalue weighted by atomic mass is 9.99. The molecule has 1 aliphatic carbocycles. The molecule has 1 aliphatic rings. The van der Waals surface area contributed by atoms with Gasteiger partial charge in [0.1, 0.15) is 15.6 Å². The first-order chi connectivity index (χ1) is 14.4. The van der Waals surface area contributed by atoms with Gasteiger partial charge in [0.2, 0.25) is 9.84 Å². The van der Waals surface area contributed by atoms with Gasteiger partial charge in [0, 0.05) is 9.35 Å². The van der Waals surface area contributed by atoms with Gasteiger partial charge >= 0.3 is 0 Å². The standard InChI is InChI=1S/C22H20BrNO4S2/c23-15-10-12-16(13-11-15)28-14-20(25)24-22-21(18-8-4-5-9-19(18)29-22)30(26,27)17-6-2-1-3-7-17/h1-3,6-7,10-13H,4-5,8-9,14H2,(H,24,25). The number of fused-ring (bicyclic) bond motifs is 1. The summed E-state index contributed by atoms with van der Waals surface area (Å²) in [6.07, 6.45) is 3.51. The Kier molecular flexibility index (Phi) is 6.26. The average molecular weight is 506 g/mol. The molecule has 3 aromatic rings. The summed E-state index contributed by atoms with van der Waals surface area (Å²) in [5.74, 6) is 0.178. The molecule has 5 nitrogen and oxygen atoms in total. The van der Waals surface area contributed by atoms with Crippen LogP contribution in [0.3, 0.4) is 0 Å². The van der Waals surface area contributed by atoms with Crippen LogP contribution in [0.5, 0.6) is 5.75 Å². The van der Waals surface area contributed by atoms with E-state index in [1.165, 1.54) is 11.3 Å². The summed E-state index contributed by atoms with van der Waals surface area (Å²) in [6, 6.07) is 15.5. The maximum Gasteiger partial charge on any atom is 0.262 e. The number of rotatable bonds is 6. The summed E-state index contributed by atoms with van der Waals surface area (Å²) in [4.78, 5) is 14.1. The number of carbonyl (C=O) groups excluding carboxylic acids is 1. The molecule has 1 aromatic heterocycles. The van der Waals surface area contributed by atoms with Crippen molar-refractivity contribution in [2.24, 2.45) is 0 Å². The van der Waals surface area contributed by atoms with E-state index in [2.05, 4.69) is 21.2 Å². The van der Waals surface area contributed by atoms with E-state index in [4.69, 9.17) is 4.74 Å². The van der Waals surface area contributed by atoms with E-state index in [9.17, 15) is 13.2 Å². The Labute approximate surface area is 188 Å². The largest absolute Gasteiger partial charge is 0.484 e. The Morgan fingerprint density at radius 2 is 1.73 bits per heavy atom. The minimum atomic E-state index is -3.74. The fourth-order valence-electron chi connectivity index (χ4n) is 3.46. The molecule has 0 saturated heterocycles. The molecule has 0 atom stereocenters. The first-order valence-corrected chi connectivity index (χ1v) is 12.7. The number of sulfone groups is 1. The highest BCUT2D eigenvalue weighted by Crippen LogP contribution is 2.43. The van der Waals surface area contributed by atoms with Crippen LogP contribution >= 0.6 is 27.3 Å². The number of aryl methyl sites for hydroxylation is 1. The van der Waals surface area contributed by atoms with Crippen molar-refractivity contribution in [1.82, 2.24) is 0 Å². The Morgan fingerprint density at radius 3 is 2.47 bits per heavy atom. The monoisotopic (exact) mass is 505 g/mol. The number of benzene rings is 2. The highest BCUT2D eigenvalue weighted by atomic mass is 79.9. The number of hydrogen-bond acceptors (Lipinski definition) is 5. The van der Waals surface area contributed by atoms with Crippen molar-refractivity contribution in [1.29, 1.82) is 0 Å². The number of anilines is 1. The molecule has 0 spiro atoms. The molecule has 0 fully saturated rings. The highest BCUT2D eigenvalue weighted by Gasteiger charge is 2.31. The zero-order valence-electron chi connectivity index (χ0n) is 16.1. The third kappa shape index (κ3) is 4.45. The van der Waals surface area contributed by atoms with Gasteiger partial charge in [-0.25, -0.2) is 8.42 Å². The van der Waals surface area contributed by atoms with Crippen molar-refractivity contribution in [2.45, 2.75) is 35.5 Å². The maximum absolute atomic E-state index is 13.4. The number of carbonyl (C=O) groups is 1. The summed E-state index contributed by atoms with van der Waals surface area (Å²) in [6.45, 7) is -0.199. The van der Waals surface area contributed by atoms with Gasteiger partial charge in [-0.05, 0) is 67.6 Å². The van der Waals surface area contributed by atoms with Crippen molar-refractivity contribution < 1.29 is 17.9 Å². The van der Waals surface area contributed by atoms with Crippen molar-refractivity contribution in [2.75, 3.05) is 11.9 Å². The van der Waals surface area contributed by atoms with Gasteiger partial charge in [0.05, 0.1) is 4.90 Å². The molecule has 0 unspecified atom stereocenters. The van der Waals surface area contributed by atoms with Gasteiger partial charge < -0.3 is 10.1 Å². The molecule has 4 rings (SSSR count). The van der Waals surface area contributed by atoms with Gasteiger partial charge in [0.25, 0.3) is 5.91 Å². The average Bonchev–Trinajstić information content (AvgIpc) is 3.12. The van der Waals surface area contributed by atoms with Crippen LogP contribution in [0.1, 0.15) is 23.3 Å². The van der Waals surface area contributed by atoms with Gasteiger partial charge in [-0.3, -0.25) is 4.79 Å². The van der Waals surface area contributed by atoms with E-state index in [-0.39, 0.29) is 22.3 Å². The predicted molar refractivity (Wildman–Crippen MR) is 121 cm³/mol. The third-order valence-corrected chi connectivity index (χ3v) is 8.63. The molecule has 2 aromatic carbocycles. The lowest BCUT2D eigenvalue weighted by Gasteiger charge is -2.14. The first-order valence-electron chi connectivity index (χ1n) is 9.58. The minimum Gasteiger partial charge on any atom is -0.484 e. The summed E-state index contributed by atoms with van der Waals surface area (Å²) < 4.78 is 33.2. The van der Waals surface area contributed by atoms with E-state index < -0.39 is 9.84 Å². The number of nitrogens with one attached hydrogen (secondary N) is 1. The molecule has 156 valence electrons.